The first-order valence-corrected chi connectivity index (χ1v) is 10.1. The predicted molar refractivity (Wildman–Crippen MR) is 128 cm³/mol. The SMILES string of the molecule is O=C(C=Cc1ccccn1)Nc1cccc(-c2cccc(Nc3ncccc3[N+](=O)[O-])c2)c1. The molecule has 0 radical (unpaired) electrons. The molecule has 0 aliphatic carbocycles. The molecule has 4 rings (SSSR count). The maximum Gasteiger partial charge on any atom is 0.311 e. The summed E-state index contributed by atoms with van der Waals surface area (Å²) in [5.41, 5.74) is 3.63. The summed E-state index contributed by atoms with van der Waals surface area (Å²) in [6.07, 6.45) is 6.23. The lowest BCUT2D eigenvalue weighted by Gasteiger charge is -2.10. The first-order valence-electron chi connectivity index (χ1n) is 10.1. The van der Waals surface area contributed by atoms with Crippen molar-refractivity contribution in [2.45, 2.75) is 0 Å². The van der Waals surface area contributed by atoms with Crippen LogP contribution in [0, 0.1) is 10.1 Å². The number of pyridine rings is 2. The number of anilines is 3. The molecule has 162 valence electrons. The number of carbonyl (C=O) groups is 1. The van der Waals surface area contributed by atoms with Gasteiger partial charge in [0.1, 0.15) is 0 Å². The minimum atomic E-state index is -0.479. The first kappa shape index (κ1) is 21.4. The fourth-order valence-electron chi connectivity index (χ4n) is 3.15. The van der Waals surface area contributed by atoms with Crippen molar-refractivity contribution in [2.75, 3.05) is 10.6 Å². The molecule has 0 atom stereocenters. The smallest absolute Gasteiger partial charge is 0.311 e. The summed E-state index contributed by atoms with van der Waals surface area (Å²) in [5, 5.41) is 17.1. The highest BCUT2D eigenvalue weighted by Crippen LogP contribution is 2.29. The van der Waals surface area contributed by atoms with E-state index in [2.05, 4.69) is 20.6 Å². The highest BCUT2D eigenvalue weighted by molar-refractivity contribution is 6.02. The third kappa shape index (κ3) is 5.65. The number of amides is 1. The summed E-state index contributed by atoms with van der Waals surface area (Å²) in [7, 11) is 0. The zero-order valence-electron chi connectivity index (χ0n) is 17.4. The number of nitrogens with zero attached hydrogens (tertiary/aromatic N) is 3. The molecule has 2 aromatic carbocycles. The first-order chi connectivity index (χ1) is 16.1. The largest absolute Gasteiger partial charge is 0.334 e. The Morgan fingerprint density at radius 3 is 2.30 bits per heavy atom. The molecule has 1 amide bonds. The minimum absolute atomic E-state index is 0.105. The molecule has 0 aliphatic heterocycles. The van der Waals surface area contributed by atoms with Gasteiger partial charge in [0.05, 0.1) is 10.6 Å². The van der Waals surface area contributed by atoms with Gasteiger partial charge < -0.3 is 10.6 Å². The molecule has 0 spiro atoms. The van der Waals surface area contributed by atoms with Gasteiger partial charge in [0, 0.05) is 35.9 Å². The van der Waals surface area contributed by atoms with E-state index < -0.39 is 4.92 Å². The third-order valence-electron chi connectivity index (χ3n) is 4.67. The van der Waals surface area contributed by atoms with Crippen LogP contribution in [0.15, 0.2) is 97.3 Å². The van der Waals surface area contributed by atoms with Gasteiger partial charge in [0.15, 0.2) is 0 Å². The standard InChI is InChI=1S/C25H19N5O3/c31-24(13-12-20-8-1-2-14-26-20)28-21-9-3-6-18(16-21)19-7-4-10-22(17-19)29-25-23(30(32)33)11-5-15-27-25/h1-17H,(H,27,29)(H,28,31). The van der Waals surface area contributed by atoms with E-state index in [0.717, 1.165) is 11.1 Å². The Morgan fingerprint density at radius 1 is 0.848 bits per heavy atom. The van der Waals surface area contributed by atoms with Crippen molar-refractivity contribution in [3.8, 4) is 11.1 Å². The highest BCUT2D eigenvalue weighted by atomic mass is 16.6. The van der Waals surface area contributed by atoms with Crippen LogP contribution >= 0.6 is 0 Å². The molecule has 8 nitrogen and oxygen atoms in total. The van der Waals surface area contributed by atoms with Gasteiger partial charge in [-0.25, -0.2) is 4.98 Å². The van der Waals surface area contributed by atoms with Crippen LogP contribution < -0.4 is 10.6 Å². The number of nitrogens with one attached hydrogen (secondary N) is 2. The highest BCUT2D eigenvalue weighted by Gasteiger charge is 2.14. The Kier molecular flexibility index (Phi) is 6.46. The molecule has 8 heteroatoms. The van der Waals surface area contributed by atoms with Crippen LogP contribution in [0.25, 0.3) is 17.2 Å². The quantitative estimate of drug-likeness (QED) is 0.226. The van der Waals surface area contributed by atoms with Crippen molar-refractivity contribution >= 4 is 34.9 Å². The van der Waals surface area contributed by atoms with E-state index in [4.69, 9.17) is 0 Å². The fraction of sp³-hybridized carbons (Fsp3) is 0. The molecule has 0 unspecified atom stereocenters. The fourth-order valence-corrected chi connectivity index (χ4v) is 3.15. The van der Waals surface area contributed by atoms with Gasteiger partial charge in [-0.3, -0.25) is 19.9 Å². The number of hydrogen-bond donors (Lipinski definition) is 2. The number of carbonyl (C=O) groups excluding carboxylic acids is 1. The van der Waals surface area contributed by atoms with Crippen LogP contribution in [0.1, 0.15) is 5.69 Å². The molecule has 0 bridgehead atoms. The molecule has 0 fully saturated rings. The summed E-state index contributed by atoms with van der Waals surface area (Å²) in [6, 6.07) is 23.2. The molecule has 0 aliphatic rings. The van der Waals surface area contributed by atoms with Crippen molar-refractivity contribution in [1.82, 2.24) is 9.97 Å². The Morgan fingerprint density at radius 2 is 1.58 bits per heavy atom. The summed E-state index contributed by atoms with van der Waals surface area (Å²) in [5.74, 6) is -0.101. The lowest BCUT2D eigenvalue weighted by atomic mass is 10.0. The summed E-state index contributed by atoms with van der Waals surface area (Å²) in [4.78, 5) is 31.3. The van der Waals surface area contributed by atoms with E-state index in [1.807, 2.05) is 54.6 Å². The maximum atomic E-state index is 12.3. The predicted octanol–water partition coefficient (Wildman–Crippen LogP) is 5.45. The lowest BCUT2D eigenvalue weighted by molar-refractivity contribution is -0.384. The van der Waals surface area contributed by atoms with Crippen molar-refractivity contribution in [1.29, 1.82) is 0 Å². The Balaban J connectivity index is 1.50. The van der Waals surface area contributed by atoms with Crippen LogP contribution in [0.5, 0.6) is 0 Å². The van der Waals surface area contributed by atoms with E-state index >= 15 is 0 Å². The van der Waals surface area contributed by atoms with Crippen molar-refractivity contribution in [2.24, 2.45) is 0 Å². The van der Waals surface area contributed by atoms with Gasteiger partial charge in [-0.1, -0.05) is 30.3 Å². The summed E-state index contributed by atoms with van der Waals surface area (Å²) >= 11 is 0. The average Bonchev–Trinajstić information content (AvgIpc) is 2.84. The normalized spacial score (nSPS) is 10.7. The summed E-state index contributed by atoms with van der Waals surface area (Å²) < 4.78 is 0. The molecule has 4 aromatic rings. The number of hydrogen-bond acceptors (Lipinski definition) is 6. The van der Waals surface area contributed by atoms with Crippen LogP contribution in [0.3, 0.4) is 0 Å². The molecule has 0 saturated carbocycles. The molecule has 33 heavy (non-hydrogen) atoms. The van der Waals surface area contributed by atoms with E-state index in [9.17, 15) is 14.9 Å². The molecule has 2 N–H and O–H groups in total. The monoisotopic (exact) mass is 437 g/mol. The lowest BCUT2D eigenvalue weighted by Crippen LogP contribution is -2.07. The third-order valence-corrected chi connectivity index (χ3v) is 4.67. The van der Waals surface area contributed by atoms with Crippen molar-refractivity contribution in [3.63, 3.8) is 0 Å². The molecule has 2 heterocycles. The topological polar surface area (TPSA) is 110 Å². The number of nitro groups is 1. The second-order valence-corrected chi connectivity index (χ2v) is 6.99. The molecule has 2 aromatic heterocycles. The average molecular weight is 437 g/mol. The van der Waals surface area contributed by atoms with E-state index in [1.54, 1.807) is 24.4 Å². The Hall–Kier alpha value is -4.85. The van der Waals surface area contributed by atoms with Crippen molar-refractivity contribution < 1.29 is 9.72 Å². The maximum absolute atomic E-state index is 12.3. The Bertz CT molecular complexity index is 1320. The second-order valence-electron chi connectivity index (χ2n) is 6.99. The van der Waals surface area contributed by atoms with Gasteiger partial charge in [-0.15, -0.1) is 0 Å². The zero-order valence-corrected chi connectivity index (χ0v) is 17.4. The van der Waals surface area contributed by atoms with E-state index in [-0.39, 0.29) is 17.4 Å². The van der Waals surface area contributed by atoms with Crippen molar-refractivity contribution in [3.05, 3.63) is 113 Å². The molecule has 0 saturated heterocycles. The number of aromatic nitrogens is 2. The summed E-state index contributed by atoms with van der Waals surface area (Å²) in [6.45, 7) is 0. The van der Waals surface area contributed by atoms with Crippen LogP contribution in [0.4, 0.5) is 22.9 Å². The molecular weight excluding hydrogens is 418 g/mol. The number of benzene rings is 2. The molecular formula is C25H19N5O3. The van der Waals surface area contributed by atoms with Crippen LogP contribution in [0.2, 0.25) is 0 Å². The van der Waals surface area contributed by atoms with E-state index in [0.29, 0.717) is 17.1 Å². The second kappa shape index (κ2) is 9.97. The van der Waals surface area contributed by atoms with Gasteiger partial charge in [0.25, 0.3) is 0 Å². The van der Waals surface area contributed by atoms with Gasteiger partial charge in [-0.2, -0.15) is 0 Å². The minimum Gasteiger partial charge on any atom is -0.334 e. The van der Waals surface area contributed by atoms with Gasteiger partial charge in [-0.05, 0) is 59.7 Å². The van der Waals surface area contributed by atoms with Crippen LogP contribution in [-0.2, 0) is 4.79 Å². The van der Waals surface area contributed by atoms with E-state index in [1.165, 1.54) is 24.4 Å². The Labute approximate surface area is 189 Å². The number of rotatable bonds is 7. The van der Waals surface area contributed by atoms with Gasteiger partial charge >= 0.3 is 5.69 Å². The zero-order chi connectivity index (χ0) is 23.0. The van der Waals surface area contributed by atoms with Gasteiger partial charge in [0.2, 0.25) is 11.7 Å². The van der Waals surface area contributed by atoms with Crippen LogP contribution in [-0.4, -0.2) is 20.8 Å².